The molecule has 0 radical (unpaired) electrons. The molecule has 0 bridgehead atoms. The lowest BCUT2D eigenvalue weighted by atomic mass is 9.92. The van der Waals surface area contributed by atoms with Crippen LogP contribution in [0.3, 0.4) is 0 Å². The molecular formula is C13H24N2O2. The number of hydrogen-bond acceptors (Lipinski definition) is 4. The lowest BCUT2D eigenvalue weighted by Gasteiger charge is -2.32. The Morgan fingerprint density at radius 2 is 2.06 bits per heavy atom. The van der Waals surface area contributed by atoms with E-state index in [1.165, 1.54) is 39.5 Å². The Morgan fingerprint density at radius 1 is 1.29 bits per heavy atom. The van der Waals surface area contributed by atoms with Gasteiger partial charge in [-0.15, -0.1) is 0 Å². The summed E-state index contributed by atoms with van der Waals surface area (Å²) in [5.41, 5.74) is -0.397. The Morgan fingerprint density at radius 3 is 2.65 bits per heavy atom. The van der Waals surface area contributed by atoms with Crippen LogP contribution < -0.4 is 5.32 Å². The molecule has 1 N–H and O–H groups in total. The van der Waals surface area contributed by atoms with Gasteiger partial charge in [-0.2, -0.15) is 0 Å². The van der Waals surface area contributed by atoms with E-state index in [-0.39, 0.29) is 5.97 Å². The van der Waals surface area contributed by atoms with Crippen molar-refractivity contribution < 1.29 is 9.53 Å². The molecule has 1 unspecified atom stereocenters. The number of ether oxygens (including phenoxy) is 1. The number of esters is 1. The van der Waals surface area contributed by atoms with E-state index < -0.39 is 5.54 Å². The van der Waals surface area contributed by atoms with Gasteiger partial charge in [0, 0.05) is 6.54 Å². The zero-order valence-corrected chi connectivity index (χ0v) is 10.8. The maximum absolute atomic E-state index is 11.9. The average Bonchev–Trinajstić information content (AvgIpc) is 2.87. The quantitative estimate of drug-likeness (QED) is 0.749. The predicted molar refractivity (Wildman–Crippen MR) is 66.9 cm³/mol. The minimum absolute atomic E-state index is 0.0768. The number of nitrogens with zero attached hydrogens (tertiary/aromatic N) is 1. The van der Waals surface area contributed by atoms with Crippen molar-refractivity contribution in [3.8, 4) is 0 Å². The molecule has 0 aromatic rings. The van der Waals surface area contributed by atoms with Crippen molar-refractivity contribution >= 4 is 5.97 Å². The topological polar surface area (TPSA) is 41.6 Å². The Labute approximate surface area is 104 Å². The SMILES string of the molecule is COC(=O)C1(CCN2CCCCC2)CCCN1. The molecule has 4 heteroatoms. The number of methoxy groups -OCH3 is 1. The Kier molecular flexibility index (Phi) is 4.40. The number of likely N-dealkylation sites (tertiary alicyclic amines) is 1. The highest BCUT2D eigenvalue weighted by Crippen LogP contribution is 2.25. The van der Waals surface area contributed by atoms with E-state index in [1.54, 1.807) is 0 Å². The average molecular weight is 240 g/mol. The minimum Gasteiger partial charge on any atom is -0.468 e. The van der Waals surface area contributed by atoms with Gasteiger partial charge in [0.15, 0.2) is 0 Å². The van der Waals surface area contributed by atoms with Gasteiger partial charge in [0.25, 0.3) is 0 Å². The summed E-state index contributed by atoms with van der Waals surface area (Å²) in [7, 11) is 1.49. The Bertz CT molecular complexity index is 256. The van der Waals surface area contributed by atoms with Crippen molar-refractivity contribution in [3.63, 3.8) is 0 Å². The smallest absolute Gasteiger partial charge is 0.326 e. The number of nitrogens with one attached hydrogen (secondary N) is 1. The summed E-state index contributed by atoms with van der Waals surface area (Å²) in [6.07, 6.45) is 6.86. The van der Waals surface area contributed by atoms with Crippen LogP contribution in [0.15, 0.2) is 0 Å². The van der Waals surface area contributed by atoms with E-state index in [0.717, 1.165) is 32.4 Å². The van der Waals surface area contributed by atoms with Gasteiger partial charge in [0.05, 0.1) is 7.11 Å². The highest BCUT2D eigenvalue weighted by atomic mass is 16.5. The molecule has 2 fully saturated rings. The molecule has 0 aromatic heterocycles. The van der Waals surface area contributed by atoms with Gasteiger partial charge >= 0.3 is 5.97 Å². The summed E-state index contributed by atoms with van der Waals surface area (Å²) in [6, 6.07) is 0. The van der Waals surface area contributed by atoms with Crippen molar-refractivity contribution in [1.29, 1.82) is 0 Å². The summed E-state index contributed by atoms with van der Waals surface area (Å²) >= 11 is 0. The second kappa shape index (κ2) is 5.83. The summed E-state index contributed by atoms with van der Waals surface area (Å²) < 4.78 is 4.96. The van der Waals surface area contributed by atoms with Crippen molar-refractivity contribution in [2.75, 3.05) is 33.3 Å². The van der Waals surface area contributed by atoms with E-state index in [9.17, 15) is 4.79 Å². The monoisotopic (exact) mass is 240 g/mol. The van der Waals surface area contributed by atoms with Crippen LogP contribution in [0.1, 0.15) is 38.5 Å². The molecule has 0 spiro atoms. The van der Waals surface area contributed by atoms with Gasteiger partial charge in [0.2, 0.25) is 0 Å². The highest BCUT2D eigenvalue weighted by molar-refractivity contribution is 5.81. The van der Waals surface area contributed by atoms with Gasteiger partial charge in [-0.1, -0.05) is 6.42 Å². The normalized spacial score (nSPS) is 30.4. The lowest BCUT2D eigenvalue weighted by Crippen LogP contribution is -2.50. The summed E-state index contributed by atoms with van der Waals surface area (Å²) in [5.74, 6) is -0.0768. The second-order valence-electron chi connectivity index (χ2n) is 5.26. The molecule has 0 amide bonds. The largest absolute Gasteiger partial charge is 0.468 e. The zero-order chi connectivity index (χ0) is 12.1. The van der Waals surface area contributed by atoms with Crippen LogP contribution in [-0.4, -0.2) is 49.7 Å². The highest BCUT2D eigenvalue weighted by Gasteiger charge is 2.41. The second-order valence-corrected chi connectivity index (χ2v) is 5.26. The van der Waals surface area contributed by atoms with Crippen LogP contribution >= 0.6 is 0 Å². The fourth-order valence-electron chi connectivity index (χ4n) is 3.02. The third-order valence-corrected chi connectivity index (χ3v) is 4.12. The maximum atomic E-state index is 11.9. The predicted octanol–water partition coefficient (Wildman–Crippen LogP) is 1.16. The number of piperidine rings is 1. The van der Waals surface area contributed by atoms with E-state index >= 15 is 0 Å². The number of carbonyl (C=O) groups excluding carboxylic acids is 1. The molecule has 2 saturated heterocycles. The lowest BCUT2D eigenvalue weighted by molar-refractivity contribution is -0.148. The molecule has 98 valence electrons. The molecule has 2 rings (SSSR count). The van der Waals surface area contributed by atoms with Crippen LogP contribution in [-0.2, 0) is 9.53 Å². The van der Waals surface area contributed by atoms with Gasteiger partial charge in [-0.05, 0) is 51.7 Å². The van der Waals surface area contributed by atoms with E-state index in [4.69, 9.17) is 4.74 Å². The standard InChI is InChI=1S/C13H24N2O2/c1-17-12(16)13(6-5-8-14-13)7-11-15-9-3-2-4-10-15/h14H,2-11H2,1H3. The van der Waals surface area contributed by atoms with Gasteiger partial charge in [-0.3, -0.25) is 4.79 Å². The summed E-state index contributed by atoms with van der Waals surface area (Å²) in [5, 5.41) is 3.36. The van der Waals surface area contributed by atoms with Gasteiger partial charge in [-0.25, -0.2) is 0 Å². The van der Waals surface area contributed by atoms with Gasteiger partial charge < -0.3 is 15.0 Å². The van der Waals surface area contributed by atoms with Crippen LogP contribution in [0, 0.1) is 0 Å². The van der Waals surface area contributed by atoms with Crippen LogP contribution in [0.5, 0.6) is 0 Å². The fraction of sp³-hybridized carbons (Fsp3) is 0.923. The molecule has 1 atom stereocenters. The van der Waals surface area contributed by atoms with Crippen molar-refractivity contribution in [2.24, 2.45) is 0 Å². The van der Waals surface area contributed by atoms with E-state index in [2.05, 4.69) is 10.2 Å². The first-order valence-corrected chi connectivity index (χ1v) is 6.83. The molecule has 2 aliphatic rings. The molecular weight excluding hydrogens is 216 g/mol. The zero-order valence-electron chi connectivity index (χ0n) is 10.8. The number of hydrogen-bond donors (Lipinski definition) is 1. The minimum atomic E-state index is -0.397. The summed E-state index contributed by atoms with van der Waals surface area (Å²) in [6.45, 7) is 4.34. The third-order valence-electron chi connectivity index (χ3n) is 4.12. The summed E-state index contributed by atoms with van der Waals surface area (Å²) in [4.78, 5) is 14.4. The molecule has 2 aliphatic heterocycles. The molecule has 0 aromatic carbocycles. The number of rotatable bonds is 4. The first-order chi connectivity index (χ1) is 8.27. The van der Waals surface area contributed by atoms with Crippen LogP contribution in [0.4, 0.5) is 0 Å². The van der Waals surface area contributed by atoms with Crippen LogP contribution in [0.2, 0.25) is 0 Å². The molecule has 4 nitrogen and oxygen atoms in total. The maximum Gasteiger partial charge on any atom is 0.326 e. The molecule has 0 aliphatic carbocycles. The Hall–Kier alpha value is -0.610. The molecule has 17 heavy (non-hydrogen) atoms. The molecule has 0 saturated carbocycles. The van der Waals surface area contributed by atoms with E-state index in [1.807, 2.05) is 0 Å². The fourth-order valence-corrected chi connectivity index (χ4v) is 3.02. The first-order valence-electron chi connectivity index (χ1n) is 6.83. The van der Waals surface area contributed by atoms with Crippen molar-refractivity contribution in [2.45, 2.75) is 44.1 Å². The molecule has 2 heterocycles. The van der Waals surface area contributed by atoms with E-state index in [0.29, 0.717) is 0 Å². The number of carbonyl (C=O) groups is 1. The van der Waals surface area contributed by atoms with Crippen molar-refractivity contribution in [3.05, 3.63) is 0 Å². The van der Waals surface area contributed by atoms with Crippen LogP contribution in [0.25, 0.3) is 0 Å². The van der Waals surface area contributed by atoms with Gasteiger partial charge in [0.1, 0.15) is 5.54 Å². The Balaban J connectivity index is 1.87. The first kappa shape index (κ1) is 12.8. The third kappa shape index (κ3) is 2.99. The van der Waals surface area contributed by atoms with Crippen molar-refractivity contribution in [1.82, 2.24) is 10.2 Å².